The molecule has 1 fully saturated rings. The lowest BCUT2D eigenvalue weighted by Crippen LogP contribution is -2.23. The third kappa shape index (κ3) is 4.75. The fourth-order valence-electron chi connectivity index (χ4n) is 5.17. The van der Waals surface area contributed by atoms with Crippen LogP contribution in [0.5, 0.6) is 11.5 Å². The van der Waals surface area contributed by atoms with Crippen LogP contribution in [0.4, 0.5) is 4.39 Å². The van der Waals surface area contributed by atoms with Crippen LogP contribution in [0.2, 0.25) is 0 Å². The van der Waals surface area contributed by atoms with Gasteiger partial charge in [-0.3, -0.25) is 9.78 Å². The van der Waals surface area contributed by atoms with Gasteiger partial charge in [0.2, 0.25) is 0 Å². The first-order valence-corrected chi connectivity index (χ1v) is 12.2. The molecule has 1 saturated carbocycles. The van der Waals surface area contributed by atoms with Crippen molar-refractivity contribution in [2.24, 2.45) is 11.8 Å². The highest BCUT2D eigenvalue weighted by molar-refractivity contribution is 5.73. The molecule has 0 N–H and O–H groups in total. The van der Waals surface area contributed by atoms with E-state index in [0.717, 1.165) is 42.7 Å². The Labute approximate surface area is 205 Å². The van der Waals surface area contributed by atoms with Gasteiger partial charge < -0.3 is 14.2 Å². The van der Waals surface area contributed by atoms with E-state index in [-0.39, 0.29) is 29.7 Å². The Balaban J connectivity index is 1.37. The molecule has 3 aromatic rings. The Hall–Kier alpha value is -3.41. The molecule has 6 heteroatoms. The van der Waals surface area contributed by atoms with E-state index in [1.807, 2.05) is 19.1 Å². The third-order valence-corrected chi connectivity index (χ3v) is 7.26. The zero-order valence-corrected chi connectivity index (χ0v) is 20.3. The molecule has 2 aromatic carbocycles. The van der Waals surface area contributed by atoms with Crippen LogP contribution in [0.25, 0.3) is 11.1 Å². The molecule has 0 spiro atoms. The summed E-state index contributed by atoms with van der Waals surface area (Å²) in [7, 11) is 3.01. The quantitative estimate of drug-likeness (QED) is 0.377. The van der Waals surface area contributed by atoms with Crippen molar-refractivity contribution in [3.8, 4) is 22.6 Å². The van der Waals surface area contributed by atoms with E-state index in [0.29, 0.717) is 22.8 Å². The van der Waals surface area contributed by atoms with Crippen LogP contribution in [0, 0.1) is 17.7 Å². The highest BCUT2D eigenvalue weighted by Crippen LogP contribution is 2.48. The molecule has 3 atom stereocenters. The number of rotatable bonds is 7. The summed E-state index contributed by atoms with van der Waals surface area (Å²) in [5, 5.41) is 0. The molecule has 5 nitrogen and oxygen atoms in total. The number of benzene rings is 2. The fraction of sp³-hybridized carbons (Fsp3) is 0.379. The van der Waals surface area contributed by atoms with E-state index in [4.69, 9.17) is 14.2 Å². The Morgan fingerprint density at radius 1 is 1.09 bits per heavy atom. The maximum Gasteiger partial charge on any atom is 0.309 e. The van der Waals surface area contributed by atoms with Crippen molar-refractivity contribution < 1.29 is 23.4 Å². The monoisotopic (exact) mass is 475 g/mol. The minimum absolute atomic E-state index is 0.131. The van der Waals surface area contributed by atoms with Crippen LogP contribution in [-0.2, 0) is 16.0 Å². The van der Waals surface area contributed by atoms with E-state index >= 15 is 0 Å². The van der Waals surface area contributed by atoms with E-state index in [1.165, 1.54) is 18.7 Å². The summed E-state index contributed by atoms with van der Waals surface area (Å²) < 4.78 is 31.0. The van der Waals surface area contributed by atoms with Crippen molar-refractivity contribution in [3.63, 3.8) is 0 Å². The van der Waals surface area contributed by atoms with Gasteiger partial charge in [0.05, 0.1) is 25.8 Å². The van der Waals surface area contributed by atoms with Gasteiger partial charge >= 0.3 is 5.97 Å². The number of esters is 1. The lowest BCUT2D eigenvalue weighted by Gasteiger charge is -2.28. The van der Waals surface area contributed by atoms with E-state index < -0.39 is 0 Å². The van der Waals surface area contributed by atoms with Gasteiger partial charge in [-0.25, -0.2) is 4.39 Å². The normalized spacial score (nSPS) is 18.7. The number of hydrogen-bond donors (Lipinski definition) is 0. The summed E-state index contributed by atoms with van der Waals surface area (Å²) in [6.07, 6.45) is 5.47. The van der Waals surface area contributed by atoms with E-state index in [2.05, 4.69) is 23.2 Å². The Morgan fingerprint density at radius 2 is 1.91 bits per heavy atom. The number of pyridine rings is 1. The lowest BCUT2D eigenvalue weighted by atomic mass is 9.82. The van der Waals surface area contributed by atoms with Crippen molar-refractivity contribution >= 4 is 5.97 Å². The second-order valence-electron chi connectivity index (χ2n) is 9.50. The molecule has 1 aliphatic heterocycles. The Kier molecular flexibility index (Phi) is 6.46. The lowest BCUT2D eigenvalue weighted by molar-refractivity contribution is -0.145. The Morgan fingerprint density at radius 3 is 2.60 bits per heavy atom. The number of aryl methyl sites for hydroxylation is 1. The fourth-order valence-corrected chi connectivity index (χ4v) is 5.17. The second kappa shape index (κ2) is 9.68. The van der Waals surface area contributed by atoms with Crippen LogP contribution < -0.4 is 9.47 Å². The third-order valence-electron chi connectivity index (χ3n) is 7.26. The van der Waals surface area contributed by atoms with Crippen LogP contribution in [0.15, 0.2) is 54.7 Å². The maximum absolute atomic E-state index is 14.4. The summed E-state index contributed by atoms with van der Waals surface area (Å²) in [5.41, 5.74) is 4.25. The number of fused-ring (bicyclic) bond motifs is 1. The van der Waals surface area contributed by atoms with Crippen molar-refractivity contribution in [2.45, 2.75) is 44.6 Å². The standard InChI is InChI=1S/C29H30FNO4/c1-17(29(32)34-3)28(19-5-6-19)20-7-4-18-9-13-26(35-27(18)14-20)25-12-8-21(16-31-25)23-15-22(33-2)10-11-24(23)30/h4,7-8,10-12,14-17,19,26,28H,5-6,9,13H2,1-3H3/t17-,26?,28-/m0/s1. The van der Waals surface area contributed by atoms with Gasteiger partial charge in [0, 0.05) is 17.3 Å². The van der Waals surface area contributed by atoms with Crippen molar-refractivity contribution in [1.29, 1.82) is 0 Å². The topological polar surface area (TPSA) is 57.7 Å². The van der Waals surface area contributed by atoms with Gasteiger partial charge in [0.15, 0.2) is 0 Å². The number of nitrogens with zero attached hydrogens (tertiary/aromatic N) is 1. The summed E-state index contributed by atoms with van der Waals surface area (Å²) in [6, 6.07) is 14.8. The van der Waals surface area contributed by atoms with Crippen LogP contribution in [0.3, 0.4) is 0 Å². The van der Waals surface area contributed by atoms with Gasteiger partial charge in [0.25, 0.3) is 0 Å². The molecule has 0 amide bonds. The van der Waals surface area contributed by atoms with Gasteiger partial charge in [0.1, 0.15) is 23.4 Å². The molecule has 2 heterocycles. The van der Waals surface area contributed by atoms with Gasteiger partial charge in [-0.05, 0) is 79.0 Å². The summed E-state index contributed by atoms with van der Waals surface area (Å²) in [4.78, 5) is 16.9. The molecule has 182 valence electrons. The first-order valence-electron chi connectivity index (χ1n) is 12.2. The zero-order chi connectivity index (χ0) is 24.5. The largest absolute Gasteiger partial charge is 0.497 e. The zero-order valence-electron chi connectivity index (χ0n) is 20.3. The average Bonchev–Trinajstić information content (AvgIpc) is 3.73. The summed E-state index contributed by atoms with van der Waals surface area (Å²) in [6.45, 7) is 1.95. The molecule has 1 aromatic heterocycles. The van der Waals surface area contributed by atoms with Crippen LogP contribution in [-0.4, -0.2) is 25.2 Å². The number of carbonyl (C=O) groups is 1. The number of hydrogen-bond acceptors (Lipinski definition) is 5. The first kappa shape index (κ1) is 23.3. The summed E-state index contributed by atoms with van der Waals surface area (Å²) >= 11 is 0. The predicted molar refractivity (Wildman–Crippen MR) is 131 cm³/mol. The van der Waals surface area contributed by atoms with Gasteiger partial charge in [-0.2, -0.15) is 0 Å². The molecule has 0 saturated heterocycles. The Bertz CT molecular complexity index is 1220. The predicted octanol–water partition coefficient (Wildman–Crippen LogP) is 6.27. The first-order chi connectivity index (χ1) is 17.0. The molecular formula is C29H30FNO4. The van der Waals surface area contributed by atoms with Crippen molar-refractivity contribution in [1.82, 2.24) is 4.98 Å². The smallest absolute Gasteiger partial charge is 0.309 e. The highest BCUT2D eigenvalue weighted by atomic mass is 19.1. The van der Waals surface area contributed by atoms with Gasteiger partial charge in [-0.1, -0.05) is 25.1 Å². The van der Waals surface area contributed by atoms with Crippen molar-refractivity contribution in [3.05, 3.63) is 77.4 Å². The van der Waals surface area contributed by atoms with Crippen LogP contribution >= 0.6 is 0 Å². The van der Waals surface area contributed by atoms with E-state index in [1.54, 1.807) is 25.4 Å². The number of carbonyl (C=O) groups excluding carboxylic acids is 1. The molecule has 1 aliphatic carbocycles. The van der Waals surface area contributed by atoms with E-state index in [9.17, 15) is 9.18 Å². The average molecular weight is 476 g/mol. The second-order valence-corrected chi connectivity index (χ2v) is 9.50. The minimum Gasteiger partial charge on any atom is -0.497 e. The summed E-state index contributed by atoms with van der Waals surface area (Å²) in [5.74, 6) is 1.40. The molecule has 5 rings (SSSR count). The number of aromatic nitrogens is 1. The number of ether oxygens (including phenoxy) is 3. The van der Waals surface area contributed by atoms with Crippen molar-refractivity contribution in [2.75, 3.05) is 14.2 Å². The maximum atomic E-state index is 14.4. The highest BCUT2D eigenvalue weighted by Gasteiger charge is 2.39. The van der Waals surface area contributed by atoms with Gasteiger partial charge in [-0.15, -0.1) is 0 Å². The molecular weight excluding hydrogens is 445 g/mol. The molecule has 2 aliphatic rings. The number of halogens is 1. The molecule has 0 bridgehead atoms. The minimum atomic E-state index is -0.317. The number of methoxy groups -OCH3 is 2. The molecule has 0 radical (unpaired) electrons. The molecule has 35 heavy (non-hydrogen) atoms. The molecule has 1 unspecified atom stereocenters. The SMILES string of the molecule is COC(=O)[C@@H](C)[C@H](c1ccc2c(c1)OC(c1ccc(-c3cc(OC)ccc3F)cn1)CC2)C1CC1. The van der Waals surface area contributed by atoms with Crippen LogP contribution in [0.1, 0.15) is 55.0 Å².